The highest BCUT2D eigenvalue weighted by Gasteiger charge is 2.16. The van der Waals surface area contributed by atoms with Crippen molar-refractivity contribution in [1.29, 1.82) is 5.26 Å². The van der Waals surface area contributed by atoms with Crippen LogP contribution in [0.4, 0.5) is 17.1 Å². The molecule has 0 spiro atoms. The molecule has 2 aromatic carbocycles. The molecule has 2 heterocycles. The third-order valence-corrected chi connectivity index (χ3v) is 6.50. The van der Waals surface area contributed by atoms with Gasteiger partial charge in [0.1, 0.15) is 24.2 Å². The maximum Gasteiger partial charge on any atom is 0.248 e. The van der Waals surface area contributed by atoms with Gasteiger partial charge < -0.3 is 25.0 Å². The van der Waals surface area contributed by atoms with E-state index in [1.165, 1.54) is 12.3 Å². The SMILES string of the molecule is C=C(C)c1cccc(COc2ccc(Nc3c(C#N)cnc4cc(OCC)c(NC(=O)/C=C/CN(C)C)cc34)cc2Cl)n1. The van der Waals surface area contributed by atoms with Gasteiger partial charge in [0.2, 0.25) is 5.91 Å². The molecule has 0 aliphatic heterocycles. The minimum absolute atomic E-state index is 0.238. The van der Waals surface area contributed by atoms with Gasteiger partial charge in [0.25, 0.3) is 0 Å². The van der Waals surface area contributed by atoms with E-state index in [9.17, 15) is 10.1 Å². The molecule has 0 fully saturated rings. The second-order valence-corrected chi connectivity index (χ2v) is 10.4. The number of fused-ring (bicyclic) bond motifs is 1. The number of benzene rings is 2. The van der Waals surface area contributed by atoms with E-state index in [1.807, 2.05) is 51.0 Å². The summed E-state index contributed by atoms with van der Waals surface area (Å²) in [6, 6.07) is 16.6. The summed E-state index contributed by atoms with van der Waals surface area (Å²) in [4.78, 5) is 23.6. The van der Waals surface area contributed by atoms with Gasteiger partial charge in [-0.2, -0.15) is 5.26 Å². The van der Waals surface area contributed by atoms with Gasteiger partial charge in [-0.25, -0.2) is 4.98 Å². The van der Waals surface area contributed by atoms with Crippen LogP contribution in [0, 0.1) is 11.3 Å². The summed E-state index contributed by atoms with van der Waals surface area (Å²) in [5, 5.41) is 17.1. The van der Waals surface area contributed by atoms with Crippen LogP contribution in [0.15, 0.2) is 73.5 Å². The van der Waals surface area contributed by atoms with Gasteiger partial charge in [-0.1, -0.05) is 30.3 Å². The number of nitrogens with one attached hydrogen (secondary N) is 2. The van der Waals surface area contributed by atoms with Crippen molar-refractivity contribution in [2.75, 3.05) is 37.9 Å². The Morgan fingerprint density at radius 1 is 1.16 bits per heavy atom. The van der Waals surface area contributed by atoms with Crippen LogP contribution in [0.5, 0.6) is 11.5 Å². The first-order chi connectivity index (χ1) is 20.7. The van der Waals surface area contributed by atoms with Gasteiger partial charge in [-0.3, -0.25) is 9.78 Å². The van der Waals surface area contributed by atoms with Crippen LogP contribution in [0.1, 0.15) is 30.8 Å². The Morgan fingerprint density at radius 3 is 2.67 bits per heavy atom. The number of allylic oxidation sites excluding steroid dienone is 1. The smallest absolute Gasteiger partial charge is 0.248 e. The van der Waals surface area contributed by atoms with E-state index >= 15 is 0 Å². The largest absolute Gasteiger partial charge is 0.492 e. The lowest BCUT2D eigenvalue weighted by molar-refractivity contribution is -0.111. The van der Waals surface area contributed by atoms with E-state index in [1.54, 1.807) is 36.4 Å². The number of nitrogens with zero attached hydrogens (tertiary/aromatic N) is 4. The molecule has 4 rings (SSSR count). The van der Waals surface area contributed by atoms with Crippen LogP contribution in [0.25, 0.3) is 16.5 Å². The number of halogens is 1. The first-order valence-electron chi connectivity index (χ1n) is 13.6. The molecule has 1 amide bonds. The van der Waals surface area contributed by atoms with E-state index < -0.39 is 0 Å². The second-order valence-electron chi connectivity index (χ2n) is 9.96. The monoisotopic (exact) mass is 596 g/mol. The fraction of sp³-hybridized carbons (Fsp3) is 0.212. The molecule has 0 unspecified atom stereocenters. The van der Waals surface area contributed by atoms with E-state index in [0.29, 0.717) is 63.2 Å². The van der Waals surface area contributed by atoms with Gasteiger partial charge in [-0.05, 0) is 69.9 Å². The van der Waals surface area contributed by atoms with Crippen molar-refractivity contribution in [2.45, 2.75) is 20.5 Å². The summed E-state index contributed by atoms with van der Waals surface area (Å²) in [5.41, 5.74) is 4.94. The molecular weight excluding hydrogens is 564 g/mol. The molecule has 0 aliphatic rings. The maximum absolute atomic E-state index is 12.7. The normalized spacial score (nSPS) is 11.0. The first-order valence-corrected chi connectivity index (χ1v) is 14.0. The fourth-order valence-electron chi connectivity index (χ4n) is 4.15. The Morgan fingerprint density at radius 2 is 1.98 bits per heavy atom. The van der Waals surface area contributed by atoms with Crippen molar-refractivity contribution in [2.24, 2.45) is 0 Å². The van der Waals surface area contributed by atoms with Crippen LogP contribution in [0.3, 0.4) is 0 Å². The summed E-state index contributed by atoms with van der Waals surface area (Å²) in [5.74, 6) is 0.661. The minimum atomic E-state index is -0.301. The maximum atomic E-state index is 12.7. The number of amides is 1. The average molecular weight is 597 g/mol. The van der Waals surface area contributed by atoms with Crippen molar-refractivity contribution in [3.63, 3.8) is 0 Å². The molecule has 10 heteroatoms. The highest BCUT2D eigenvalue weighted by molar-refractivity contribution is 6.32. The zero-order valence-corrected chi connectivity index (χ0v) is 25.3. The number of hydrogen-bond acceptors (Lipinski definition) is 8. The summed E-state index contributed by atoms with van der Waals surface area (Å²) in [6.45, 7) is 8.96. The number of likely N-dealkylation sites (N-methyl/N-ethyl adjacent to an activating group) is 1. The lowest BCUT2D eigenvalue weighted by Crippen LogP contribution is -2.13. The van der Waals surface area contributed by atoms with E-state index in [4.69, 9.17) is 21.1 Å². The summed E-state index contributed by atoms with van der Waals surface area (Å²) in [6.07, 6.45) is 4.74. The summed E-state index contributed by atoms with van der Waals surface area (Å²) in [7, 11) is 3.84. The van der Waals surface area contributed by atoms with Gasteiger partial charge in [0.15, 0.2) is 0 Å². The van der Waals surface area contributed by atoms with Crippen LogP contribution in [-0.4, -0.2) is 48.0 Å². The van der Waals surface area contributed by atoms with E-state index in [-0.39, 0.29) is 12.5 Å². The lowest BCUT2D eigenvalue weighted by Gasteiger charge is -2.16. The number of rotatable bonds is 12. The van der Waals surface area contributed by atoms with Gasteiger partial charge in [0.05, 0.1) is 45.5 Å². The molecule has 0 atom stereocenters. The average Bonchev–Trinajstić information content (AvgIpc) is 2.97. The van der Waals surface area contributed by atoms with Crippen LogP contribution >= 0.6 is 11.6 Å². The Kier molecular flexibility index (Phi) is 10.3. The number of pyridine rings is 2. The Bertz CT molecular complexity index is 1730. The van der Waals surface area contributed by atoms with Crippen molar-refractivity contribution in [3.8, 4) is 17.6 Å². The van der Waals surface area contributed by atoms with Gasteiger partial charge in [-0.15, -0.1) is 0 Å². The molecule has 0 aliphatic carbocycles. The Hall–Kier alpha value is -4.91. The van der Waals surface area contributed by atoms with Crippen molar-refractivity contribution in [3.05, 3.63) is 95.4 Å². The standard InChI is InChI=1S/C33H33ClN6O3/c1-6-42-31-17-28-25(16-29(31)39-32(41)11-8-14-40(4)5)33(22(18-35)19-36-28)38-23-12-13-30(26(34)15-23)43-20-24-9-7-10-27(37-24)21(2)3/h7-13,15-17,19H,2,6,14,20H2,1,3-5H3,(H,36,38)(H,39,41)/b11-8+. The van der Waals surface area contributed by atoms with Gasteiger partial charge in [0, 0.05) is 36.0 Å². The van der Waals surface area contributed by atoms with Crippen molar-refractivity contribution in [1.82, 2.24) is 14.9 Å². The van der Waals surface area contributed by atoms with E-state index in [2.05, 4.69) is 33.2 Å². The zero-order valence-electron chi connectivity index (χ0n) is 24.6. The molecule has 4 aromatic rings. The van der Waals surface area contributed by atoms with Crippen LogP contribution in [-0.2, 0) is 11.4 Å². The first kappa shape index (κ1) is 31.0. The molecule has 2 N–H and O–H groups in total. The molecule has 220 valence electrons. The number of nitriles is 1. The Labute approximate surface area is 256 Å². The topological polar surface area (TPSA) is 112 Å². The predicted molar refractivity (Wildman–Crippen MR) is 172 cm³/mol. The minimum Gasteiger partial charge on any atom is -0.492 e. The van der Waals surface area contributed by atoms with Crippen molar-refractivity contribution < 1.29 is 14.3 Å². The van der Waals surface area contributed by atoms with E-state index in [0.717, 1.165) is 17.0 Å². The molecule has 2 aromatic heterocycles. The number of aromatic nitrogens is 2. The lowest BCUT2D eigenvalue weighted by atomic mass is 10.1. The number of ether oxygens (including phenoxy) is 2. The highest BCUT2D eigenvalue weighted by atomic mass is 35.5. The molecular formula is C33H33ClN6O3. The summed E-state index contributed by atoms with van der Waals surface area (Å²) >= 11 is 6.58. The van der Waals surface area contributed by atoms with Crippen molar-refractivity contribution >= 4 is 51.0 Å². The van der Waals surface area contributed by atoms with Crippen LogP contribution in [0.2, 0.25) is 5.02 Å². The molecule has 0 bridgehead atoms. The predicted octanol–water partition coefficient (Wildman–Crippen LogP) is 6.97. The molecule has 9 nitrogen and oxygen atoms in total. The zero-order chi connectivity index (χ0) is 30.9. The third kappa shape index (κ3) is 8.10. The van der Waals surface area contributed by atoms with Crippen LogP contribution < -0.4 is 20.1 Å². The molecule has 43 heavy (non-hydrogen) atoms. The third-order valence-electron chi connectivity index (χ3n) is 6.21. The number of anilines is 3. The number of carbonyl (C=O) groups is 1. The molecule has 0 saturated heterocycles. The fourth-order valence-corrected chi connectivity index (χ4v) is 4.38. The summed E-state index contributed by atoms with van der Waals surface area (Å²) < 4.78 is 11.7. The van der Waals surface area contributed by atoms with Gasteiger partial charge >= 0.3 is 0 Å². The molecule has 0 radical (unpaired) electrons. The quantitative estimate of drug-likeness (QED) is 0.169. The number of carbonyl (C=O) groups excluding carboxylic acids is 1. The highest BCUT2D eigenvalue weighted by Crippen LogP contribution is 2.37. The molecule has 0 saturated carbocycles. The second kappa shape index (κ2) is 14.3. The number of hydrogen-bond donors (Lipinski definition) is 2. The Balaban J connectivity index is 1.62.